The zero-order valence-corrected chi connectivity index (χ0v) is 13.2. The molecule has 1 aromatic carbocycles. The van der Waals surface area contributed by atoms with Crippen LogP contribution in [0, 0.1) is 5.92 Å². The molecule has 0 aliphatic carbocycles. The highest BCUT2D eigenvalue weighted by molar-refractivity contribution is 5.79. The lowest BCUT2D eigenvalue weighted by atomic mass is 9.90. The molecule has 0 bridgehead atoms. The highest BCUT2D eigenvalue weighted by Gasteiger charge is 2.35. The van der Waals surface area contributed by atoms with Crippen LogP contribution in [0.4, 0.5) is 0 Å². The Morgan fingerprint density at radius 2 is 1.95 bits per heavy atom. The molecule has 1 fully saturated rings. The van der Waals surface area contributed by atoms with E-state index in [4.69, 9.17) is 0 Å². The van der Waals surface area contributed by atoms with Gasteiger partial charge in [0.2, 0.25) is 5.91 Å². The van der Waals surface area contributed by atoms with E-state index in [1.165, 1.54) is 11.1 Å². The number of hydrogen-bond acceptors (Lipinski definition) is 2. The molecular weight excluding hydrogens is 260 g/mol. The van der Waals surface area contributed by atoms with Crippen molar-refractivity contribution in [1.82, 2.24) is 9.80 Å². The highest BCUT2D eigenvalue weighted by Crippen LogP contribution is 2.33. The van der Waals surface area contributed by atoms with E-state index >= 15 is 0 Å². The van der Waals surface area contributed by atoms with Crippen molar-refractivity contribution < 1.29 is 4.79 Å². The summed E-state index contributed by atoms with van der Waals surface area (Å²) in [5, 5.41) is 0. The number of piperazine rings is 1. The van der Waals surface area contributed by atoms with Crippen LogP contribution in [0.15, 0.2) is 24.3 Å². The summed E-state index contributed by atoms with van der Waals surface area (Å²) in [6, 6.07) is 9.15. The minimum absolute atomic E-state index is 0.204. The van der Waals surface area contributed by atoms with E-state index in [-0.39, 0.29) is 5.92 Å². The van der Waals surface area contributed by atoms with Crippen molar-refractivity contribution in [2.24, 2.45) is 5.92 Å². The van der Waals surface area contributed by atoms with Gasteiger partial charge in [-0.25, -0.2) is 0 Å². The Morgan fingerprint density at radius 1 is 1.19 bits per heavy atom. The van der Waals surface area contributed by atoms with Crippen LogP contribution in [0.3, 0.4) is 0 Å². The molecule has 0 aromatic heterocycles. The molecule has 3 rings (SSSR count). The van der Waals surface area contributed by atoms with Gasteiger partial charge in [0.05, 0.1) is 6.04 Å². The standard InChI is InChI=1S/C18H26N2O/c1-3-14(4-2)18(21)20-12-11-19-10-9-15-7-5-6-8-16(15)17(19)13-20/h5-8,14,17H,3-4,9-13H2,1-2H3. The first-order chi connectivity index (χ1) is 10.2. The van der Waals surface area contributed by atoms with Gasteiger partial charge in [-0.05, 0) is 30.4 Å². The van der Waals surface area contributed by atoms with E-state index < -0.39 is 0 Å². The molecule has 3 nitrogen and oxygen atoms in total. The second-order valence-electron chi connectivity index (χ2n) is 6.30. The number of carbonyl (C=O) groups is 1. The van der Waals surface area contributed by atoms with E-state index in [9.17, 15) is 4.79 Å². The lowest BCUT2D eigenvalue weighted by Crippen LogP contribution is -2.53. The second-order valence-corrected chi connectivity index (χ2v) is 6.30. The van der Waals surface area contributed by atoms with E-state index in [1.807, 2.05) is 0 Å². The summed E-state index contributed by atoms with van der Waals surface area (Å²) < 4.78 is 0. The monoisotopic (exact) mass is 286 g/mol. The molecule has 2 heterocycles. The topological polar surface area (TPSA) is 23.6 Å². The maximum Gasteiger partial charge on any atom is 0.225 e. The van der Waals surface area contributed by atoms with E-state index in [1.54, 1.807) is 0 Å². The fourth-order valence-electron chi connectivity index (χ4n) is 3.83. The summed E-state index contributed by atoms with van der Waals surface area (Å²) in [6.45, 7) is 8.16. The Balaban J connectivity index is 1.79. The van der Waals surface area contributed by atoms with Crippen LogP contribution in [0.2, 0.25) is 0 Å². The SMILES string of the molecule is CCC(CC)C(=O)N1CCN2CCc3ccccc3C2C1. The van der Waals surface area contributed by atoms with Gasteiger partial charge in [0, 0.05) is 32.1 Å². The quantitative estimate of drug-likeness (QED) is 0.853. The van der Waals surface area contributed by atoms with Gasteiger partial charge in [0.25, 0.3) is 0 Å². The van der Waals surface area contributed by atoms with Crippen molar-refractivity contribution in [2.45, 2.75) is 39.2 Å². The largest absolute Gasteiger partial charge is 0.339 e. The zero-order chi connectivity index (χ0) is 14.8. The van der Waals surface area contributed by atoms with Gasteiger partial charge in [-0.1, -0.05) is 38.1 Å². The van der Waals surface area contributed by atoms with Crippen LogP contribution in [-0.4, -0.2) is 41.9 Å². The maximum atomic E-state index is 12.7. The molecule has 2 aliphatic rings. The molecule has 114 valence electrons. The predicted molar refractivity (Wildman–Crippen MR) is 85.1 cm³/mol. The summed E-state index contributed by atoms with van der Waals surface area (Å²) >= 11 is 0. The predicted octanol–water partition coefficient (Wildman–Crippen LogP) is 2.86. The molecule has 3 heteroatoms. The third-order valence-electron chi connectivity index (χ3n) is 5.22. The normalized spacial score (nSPS) is 22.0. The van der Waals surface area contributed by atoms with Gasteiger partial charge in [-0.15, -0.1) is 0 Å². The summed E-state index contributed by atoms with van der Waals surface area (Å²) in [5.74, 6) is 0.568. The minimum atomic E-state index is 0.204. The molecule has 1 aromatic rings. The molecule has 0 N–H and O–H groups in total. The van der Waals surface area contributed by atoms with E-state index in [0.29, 0.717) is 11.9 Å². The van der Waals surface area contributed by atoms with Crippen molar-refractivity contribution >= 4 is 5.91 Å². The van der Waals surface area contributed by atoms with Crippen LogP contribution < -0.4 is 0 Å². The van der Waals surface area contributed by atoms with Crippen LogP contribution in [-0.2, 0) is 11.2 Å². The second kappa shape index (κ2) is 6.18. The van der Waals surface area contributed by atoms with Crippen LogP contribution >= 0.6 is 0 Å². The van der Waals surface area contributed by atoms with Gasteiger partial charge in [-0.3, -0.25) is 9.69 Å². The summed E-state index contributed by atoms with van der Waals surface area (Å²) in [4.78, 5) is 17.3. The minimum Gasteiger partial charge on any atom is -0.339 e. The van der Waals surface area contributed by atoms with E-state index in [2.05, 4.69) is 47.9 Å². The number of amides is 1. The van der Waals surface area contributed by atoms with Gasteiger partial charge < -0.3 is 4.90 Å². The average Bonchev–Trinajstić information content (AvgIpc) is 2.55. The molecular formula is C18H26N2O. The van der Waals surface area contributed by atoms with Crippen LogP contribution in [0.25, 0.3) is 0 Å². The number of carbonyl (C=O) groups excluding carboxylic acids is 1. The number of benzene rings is 1. The number of fused-ring (bicyclic) bond motifs is 3. The van der Waals surface area contributed by atoms with Crippen molar-refractivity contribution in [3.8, 4) is 0 Å². The van der Waals surface area contributed by atoms with Gasteiger partial charge >= 0.3 is 0 Å². The van der Waals surface area contributed by atoms with Crippen molar-refractivity contribution in [1.29, 1.82) is 0 Å². The fourth-order valence-corrected chi connectivity index (χ4v) is 3.83. The number of rotatable bonds is 3. The zero-order valence-electron chi connectivity index (χ0n) is 13.2. The van der Waals surface area contributed by atoms with Crippen LogP contribution in [0.1, 0.15) is 43.9 Å². The first-order valence-corrected chi connectivity index (χ1v) is 8.35. The highest BCUT2D eigenvalue weighted by atomic mass is 16.2. The first-order valence-electron chi connectivity index (χ1n) is 8.35. The molecule has 2 aliphatic heterocycles. The molecule has 0 saturated carbocycles. The lowest BCUT2D eigenvalue weighted by Gasteiger charge is -2.45. The molecule has 1 atom stereocenters. The Morgan fingerprint density at radius 3 is 2.71 bits per heavy atom. The number of nitrogens with zero attached hydrogens (tertiary/aromatic N) is 2. The third kappa shape index (κ3) is 2.71. The van der Waals surface area contributed by atoms with Crippen molar-refractivity contribution in [3.05, 3.63) is 35.4 Å². The Labute approximate surface area is 127 Å². The summed E-state index contributed by atoms with van der Waals surface area (Å²) in [5.41, 5.74) is 2.90. The third-order valence-corrected chi connectivity index (χ3v) is 5.22. The van der Waals surface area contributed by atoms with Crippen LogP contribution in [0.5, 0.6) is 0 Å². The Bertz CT molecular complexity index is 510. The lowest BCUT2D eigenvalue weighted by molar-refractivity contribution is -0.139. The Hall–Kier alpha value is -1.35. The molecule has 21 heavy (non-hydrogen) atoms. The molecule has 1 amide bonds. The van der Waals surface area contributed by atoms with Gasteiger partial charge in [0.1, 0.15) is 0 Å². The van der Waals surface area contributed by atoms with Crippen molar-refractivity contribution in [2.75, 3.05) is 26.2 Å². The van der Waals surface area contributed by atoms with E-state index in [0.717, 1.165) is 45.4 Å². The molecule has 1 unspecified atom stereocenters. The molecule has 1 saturated heterocycles. The number of hydrogen-bond donors (Lipinski definition) is 0. The smallest absolute Gasteiger partial charge is 0.225 e. The average molecular weight is 286 g/mol. The maximum absolute atomic E-state index is 12.7. The summed E-state index contributed by atoms with van der Waals surface area (Å²) in [6.07, 6.45) is 3.06. The van der Waals surface area contributed by atoms with Crippen molar-refractivity contribution in [3.63, 3.8) is 0 Å². The summed E-state index contributed by atoms with van der Waals surface area (Å²) in [7, 11) is 0. The Kier molecular flexibility index (Phi) is 4.29. The van der Waals surface area contributed by atoms with Gasteiger partial charge in [0.15, 0.2) is 0 Å². The fraction of sp³-hybridized carbons (Fsp3) is 0.611. The van der Waals surface area contributed by atoms with Gasteiger partial charge in [-0.2, -0.15) is 0 Å². The molecule has 0 radical (unpaired) electrons. The molecule has 0 spiro atoms. The first kappa shape index (κ1) is 14.6.